The molecular weight excluding hydrogens is 180 g/mol. The number of hydrogen-bond acceptors (Lipinski definition) is 3. The maximum absolute atomic E-state index is 11.4. The zero-order valence-electron chi connectivity index (χ0n) is 7.97. The minimum Gasteiger partial charge on any atom is -0.347 e. The van der Waals surface area contributed by atoms with Gasteiger partial charge in [-0.05, 0) is 18.8 Å². The third-order valence-corrected chi connectivity index (χ3v) is 3.16. The topological polar surface area (TPSA) is 59.8 Å². The first-order valence-corrected chi connectivity index (χ1v) is 4.92. The zero-order chi connectivity index (χ0) is 9.71. The second-order valence-electron chi connectivity index (χ2n) is 4.13. The summed E-state index contributed by atoms with van der Waals surface area (Å²) in [6.45, 7) is 0. The standard InChI is InChI=1S/C9H12N4O/c1-13-6(4-10-12-13)8-7(5-2-3-5)9(14)11-8/h4-5,7-8H,2-3H2,1H3,(H,11,14). The van der Waals surface area contributed by atoms with Crippen molar-refractivity contribution in [3.05, 3.63) is 11.9 Å². The maximum atomic E-state index is 11.4. The van der Waals surface area contributed by atoms with Crippen molar-refractivity contribution in [1.29, 1.82) is 0 Å². The monoisotopic (exact) mass is 192 g/mol. The Morgan fingerprint density at radius 2 is 2.36 bits per heavy atom. The molecular formula is C9H12N4O. The van der Waals surface area contributed by atoms with E-state index >= 15 is 0 Å². The Morgan fingerprint density at radius 3 is 2.86 bits per heavy atom. The van der Waals surface area contributed by atoms with Gasteiger partial charge in [0.15, 0.2) is 0 Å². The van der Waals surface area contributed by atoms with Crippen LogP contribution in [0.25, 0.3) is 0 Å². The summed E-state index contributed by atoms with van der Waals surface area (Å²) in [6.07, 6.45) is 4.12. The molecule has 2 heterocycles. The molecule has 3 rings (SSSR count). The van der Waals surface area contributed by atoms with Gasteiger partial charge in [0, 0.05) is 7.05 Å². The SMILES string of the molecule is Cn1nncc1C1NC(=O)C1C1CC1. The summed E-state index contributed by atoms with van der Waals surface area (Å²) >= 11 is 0. The average molecular weight is 192 g/mol. The summed E-state index contributed by atoms with van der Waals surface area (Å²) in [5.41, 5.74) is 1.02. The van der Waals surface area contributed by atoms with Gasteiger partial charge in [-0.1, -0.05) is 5.21 Å². The molecule has 1 aliphatic carbocycles. The summed E-state index contributed by atoms with van der Waals surface area (Å²) < 4.78 is 1.74. The second kappa shape index (κ2) is 2.56. The van der Waals surface area contributed by atoms with Gasteiger partial charge >= 0.3 is 0 Å². The van der Waals surface area contributed by atoms with E-state index < -0.39 is 0 Å². The summed E-state index contributed by atoms with van der Waals surface area (Å²) in [6, 6.07) is 0.148. The van der Waals surface area contributed by atoms with E-state index in [1.165, 1.54) is 12.8 Å². The number of aryl methyl sites for hydroxylation is 1. The molecule has 1 N–H and O–H groups in total. The Morgan fingerprint density at radius 1 is 1.57 bits per heavy atom. The summed E-state index contributed by atoms with van der Waals surface area (Å²) in [5, 5.41) is 10.6. The van der Waals surface area contributed by atoms with Crippen molar-refractivity contribution in [3.63, 3.8) is 0 Å². The highest BCUT2D eigenvalue weighted by Crippen LogP contribution is 2.47. The largest absolute Gasteiger partial charge is 0.347 e. The van der Waals surface area contributed by atoms with Crippen LogP contribution in [0.3, 0.4) is 0 Å². The Kier molecular flexibility index (Phi) is 1.45. The van der Waals surface area contributed by atoms with Crippen LogP contribution < -0.4 is 5.32 Å². The lowest BCUT2D eigenvalue weighted by Crippen LogP contribution is -2.53. The zero-order valence-corrected chi connectivity index (χ0v) is 7.97. The van der Waals surface area contributed by atoms with E-state index in [1.807, 2.05) is 7.05 Å². The van der Waals surface area contributed by atoms with Crippen molar-refractivity contribution in [2.45, 2.75) is 18.9 Å². The summed E-state index contributed by atoms with van der Waals surface area (Å²) in [5.74, 6) is 0.967. The van der Waals surface area contributed by atoms with Gasteiger partial charge in [-0.2, -0.15) is 0 Å². The fraction of sp³-hybridized carbons (Fsp3) is 0.667. The van der Waals surface area contributed by atoms with Gasteiger partial charge in [-0.15, -0.1) is 5.10 Å². The highest BCUT2D eigenvalue weighted by atomic mass is 16.2. The molecule has 1 amide bonds. The quantitative estimate of drug-likeness (QED) is 0.671. The van der Waals surface area contributed by atoms with Crippen molar-refractivity contribution in [1.82, 2.24) is 20.3 Å². The average Bonchev–Trinajstić information content (AvgIpc) is 2.85. The lowest BCUT2D eigenvalue weighted by Gasteiger charge is -2.36. The minimum absolute atomic E-state index is 0.148. The van der Waals surface area contributed by atoms with Crippen LogP contribution in [0, 0.1) is 11.8 Å². The van der Waals surface area contributed by atoms with E-state index in [2.05, 4.69) is 15.6 Å². The normalized spacial score (nSPS) is 31.1. The first-order valence-electron chi connectivity index (χ1n) is 4.92. The third-order valence-electron chi connectivity index (χ3n) is 3.16. The lowest BCUT2D eigenvalue weighted by atomic mass is 9.84. The smallest absolute Gasteiger partial charge is 0.226 e. The van der Waals surface area contributed by atoms with Crippen molar-refractivity contribution >= 4 is 5.91 Å². The number of nitrogens with one attached hydrogen (secondary N) is 1. The van der Waals surface area contributed by atoms with Crippen LogP contribution in [0.4, 0.5) is 0 Å². The molecule has 1 aliphatic heterocycles. The number of rotatable bonds is 2. The molecule has 0 spiro atoms. The van der Waals surface area contributed by atoms with Crippen LogP contribution in [0.5, 0.6) is 0 Å². The van der Waals surface area contributed by atoms with Crippen LogP contribution in [0.15, 0.2) is 6.20 Å². The highest BCUT2D eigenvalue weighted by Gasteiger charge is 2.50. The first kappa shape index (κ1) is 7.96. The van der Waals surface area contributed by atoms with Crippen molar-refractivity contribution < 1.29 is 4.79 Å². The van der Waals surface area contributed by atoms with E-state index in [-0.39, 0.29) is 17.9 Å². The van der Waals surface area contributed by atoms with Crippen LogP contribution in [-0.2, 0) is 11.8 Å². The highest BCUT2D eigenvalue weighted by molar-refractivity contribution is 5.86. The number of aromatic nitrogens is 3. The Hall–Kier alpha value is -1.39. The molecule has 2 atom stereocenters. The molecule has 1 saturated carbocycles. The minimum atomic E-state index is 0.148. The number of carbonyl (C=O) groups excluding carboxylic acids is 1. The lowest BCUT2D eigenvalue weighted by molar-refractivity contribution is -0.136. The second-order valence-corrected chi connectivity index (χ2v) is 4.13. The first-order chi connectivity index (χ1) is 6.77. The van der Waals surface area contributed by atoms with Crippen LogP contribution in [-0.4, -0.2) is 20.9 Å². The molecule has 0 radical (unpaired) electrons. The molecule has 5 heteroatoms. The molecule has 0 aromatic carbocycles. The van der Waals surface area contributed by atoms with Gasteiger partial charge in [-0.3, -0.25) is 9.48 Å². The van der Waals surface area contributed by atoms with Gasteiger partial charge in [0.05, 0.1) is 23.9 Å². The van der Waals surface area contributed by atoms with Gasteiger partial charge in [0.25, 0.3) is 0 Å². The van der Waals surface area contributed by atoms with Crippen molar-refractivity contribution in [3.8, 4) is 0 Å². The van der Waals surface area contributed by atoms with Gasteiger partial charge in [0.2, 0.25) is 5.91 Å². The van der Waals surface area contributed by atoms with E-state index in [4.69, 9.17) is 0 Å². The molecule has 0 bridgehead atoms. The third kappa shape index (κ3) is 0.981. The van der Waals surface area contributed by atoms with Crippen LogP contribution in [0.1, 0.15) is 24.6 Å². The van der Waals surface area contributed by atoms with E-state index in [0.717, 1.165) is 5.69 Å². The van der Waals surface area contributed by atoms with Crippen molar-refractivity contribution in [2.24, 2.45) is 18.9 Å². The molecule has 14 heavy (non-hydrogen) atoms. The van der Waals surface area contributed by atoms with Gasteiger partial charge in [0.1, 0.15) is 0 Å². The van der Waals surface area contributed by atoms with Crippen molar-refractivity contribution in [2.75, 3.05) is 0 Å². The number of nitrogens with zero attached hydrogens (tertiary/aromatic N) is 3. The summed E-state index contributed by atoms with van der Waals surface area (Å²) in [7, 11) is 1.86. The number of carbonyl (C=O) groups is 1. The van der Waals surface area contributed by atoms with Crippen LogP contribution in [0.2, 0.25) is 0 Å². The molecule has 2 aliphatic rings. The molecule has 1 aromatic heterocycles. The number of amides is 1. The van der Waals surface area contributed by atoms with E-state index in [1.54, 1.807) is 10.9 Å². The maximum Gasteiger partial charge on any atom is 0.226 e. The molecule has 2 fully saturated rings. The fourth-order valence-electron chi connectivity index (χ4n) is 2.17. The number of hydrogen-bond donors (Lipinski definition) is 1. The molecule has 1 aromatic rings. The number of β-lactam (4-membered cyclic amide) rings is 1. The Balaban J connectivity index is 1.86. The predicted molar refractivity (Wildman–Crippen MR) is 48.1 cm³/mol. The van der Waals surface area contributed by atoms with E-state index in [0.29, 0.717) is 5.92 Å². The van der Waals surface area contributed by atoms with Gasteiger partial charge in [-0.25, -0.2) is 0 Å². The molecule has 5 nitrogen and oxygen atoms in total. The fourth-order valence-corrected chi connectivity index (χ4v) is 2.17. The van der Waals surface area contributed by atoms with Gasteiger partial charge < -0.3 is 5.32 Å². The Labute approximate surface area is 81.5 Å². The molecule has 2 unspecified atom stereocenters. The molecule has 1 saturated heterocycles. The summed E-state index contributed by atoms with van der Waals surface area (Å²) in [4.78, 5) is 11.4. The van der Waals surface area contributed by atoms with E-state index in [9.17, 15) is 4.79 Å². The molecule has 74 valence electrons. The Bertz CT molecular complexity index is 382. The predicted octanol–water partition coefficient (Wildman–Crippen LogP) is 0.0122. The van der Waals surface area contributed by atoms with Crippen LogP contribution >= 0.6 is 0 Å².